The molecule has 3 aromatic rings. The van der Waals surface area contributed by atoms with E-state index in [0.717, 1.165) is 35.9 Å². The van der Waals surface area contributed by atoms with E-state index in [2.05, 4.69) is 27.0 Å². The van der Waals surface area contributed by atoms with Crippen LogP contribution in [0.4, 0.5) is 5.69 Å². The number of hydrogen-bond acceptors (Lipinski definition) is 5. The van der Waals surface area contributed by atoms with Gasteiger partial charge in [0.1, 0.15) is 16.8 Å². The average molecular weight is 443 g/mol. The maximum absolute atomic E-state index is 13.3. The van der Waals surface area contributed by atoms with Crippen molar-refractivity contribution in [3.8, 4) is 5.75 Å². The molecule has 4 rings (SSSR count). The Morgan fingerprint density at radius 2 is 2.03 bits per heavy atom. The zero-order chi connectivity index (χ0) is 21.1. The van der Waals surface area contributed by atoms with Gasteiger partial charge in [-0.1, -0.05) is 53.7 Å². The average Bonchev–Trinajstić information content (AvgIpc) is 3.52. The lowest BCUT2D eigenvalue weighted by Gasteiger charge is -2.17. The van der Waals surface area contributed by atoms with Crippen molar-refractivity contribution in [3.63, 3.8) is 0 Å². The predicted molar refractivity (Wildman–Crippen MR) is 119 cm³/mol. The third kappa shape index (κ3) is 4.47. The van der Waals surface area contributed by atoms with E-state index in [1.54, 1.807) is 25.3 Å². The van der Waals surface area contributed by atoms with Gasteiger partial charge in [0, 0.05) is 18.2 Å². The van der Waals surface area contributed by atoms with E-state index in [1.165, 1.54) is 11.8 Å². The van der Waals surface area contributed by atoms with Gasteiger partial charge in [-0.25, -0.2) is 0 Å². The first-order valence-electron chi connectivity index (χ1n) is 9.89. The molecule has 156 valence electrons. The summed E-state index contributed by atoms with van der Waals surface area (Å²) in [5, 5.41) is 12.5. The van der Waals surface area contributed by atoms with Crippen LogP contribution in [0.5, 0.6) is 5.75 Å². The van der Waals surface area contributed by atoms with E-state index in [0.29, 0.717) is 22.4 Å². The highest BCUT2D eigenvalue weighted by Crippen LogP contribution is 2.42. The quantitative estimate of drug-likeness (QED) is 0.479. The molecule has 1 aromatic heterocycles. The lowest BCUT2D eigenvalue weighted by atomic mass is 10.1. The second kappa shape index (κ2) is 9.10. The molecule has 0 unspecified atom stereocenters. The first kappa shape index (κ1) is 20.8. The Balaban J connectivity index is 1.60. The van der Waals surface area contributed by atoms with Gasteiger partial charge in [-0.05, 0) is 43.5 Å². The number of carbonyl (C=O) groups excluding carboxylic acids is 1. The summed E-state index contributed by atoms with van der Waals surface area (Å²) in [6, 6.07) is 14.9. The molecule has 0 bridgehead atoms. The normalized spacial score (nSPS) is 14.4. The van der Waals surface area contributed by atoms with Crippen LogP contribution in [-0.2, 0) is 11.3 Å². The molecule has 30 heavy (non-hydrogen) atoms. The maximum atomic E-state index is 13.3. The molecule has 1 amide bonds. The molecule has 1 fully saturated rings. The van der Waals surface area contributed by atoms with Gasteiger partial charge in [0.15, 0.2) is 5.16 Å². The second-order valence-electron chi connectivity index (χ2n) is 7.11. The van der Waals surface area contributed by atoms with Crippen molar-refractivity contribution < 1.29 is 9.53 Å². The number of anilines is 1. The van der Waals surface area contributed by atoms with Gasteiger partial charge in [0.2, 0.25) is 5.91 Å². The van der Waals surface area contributed by atoms with E-state index < -0.39 is 5.25 Å². The Morgan fingerprint density at radius 3 is 2.67 bits per heavy atom. The van der Waals surface area contributed by atoms with Crippen LogP contribution in [0.25, 0.3) is 0 Å². The molecule has 1 atom stereocenters. The van der Waals surface area contributed by atoms with Gasteiger partial charge < -0.3 is 14.6 Å². The number of nitrogens with zero attached hydrogens (tertiary/aromatic N) is 3. The van der Waals surface area contributed by atoms with Gasteiger partial charge in [0.25, 0.3) is 0 Å². The Labute approximate surface area is 185 Å². The lowest BCUT2D eigenvalue weighted by Crippen LogP contribution is -2.19. The van der Waals surface area contributed by atoms with Gasteiger partial charge >= 0.3 is 0 Å². The van der Waals surface area contributed by atoms with Crippen LogP contribution in [0.15, 0.2) is 53.7 Å². The zero-order valence-corrected chi connectivity index (χ0v) is 18.4. The van der Waals surface area contributed by atoms with Crippen LogP contribution in [0, 0.1) is 0 Å². The Hall–Kier alpha value is -2.51. The highest BCUT2D eigenvalue weighted by Gasteiger charge is 2.32. The van der Waals surface area contributed by atoms with Crippen LogP contribution >= 0.6 is 23.4 Å². The van der Waals surface area contributed by atoms with Crippen LogP contribution in [0.2, 0.25) is 5.02 Å². The third-order valence-corrected chi connectivity index (χ3v) is 6.52. The SMILES string of the molecule is CCn1c(S[C@@H](C(=O)Nc2ccc(OC)c(Cl)c2)c2ccccc2)nnc1C1CC1. The van der Waals surface area contributed by atoms with E-state index in [9.17, 15) is 4.79 Å². The molecule has 8 heteroatoms. The molecule has 1 heterocycles. The zero-order valence-electron chi connectivity index (χ0n) is 16.8. The molecular weight excluding hydrogens is 420 g/mol. The number of carbonyl (C=O) groups is 1. The number of nitrogens with one attached hydrogen (secondary N) is 1. The molecule has 2 aromatic carbocycles. The number of benzene rings is 2. The first-order valence-corrected chi connectivity index (χ1v) is 11.2. The van der Waals surface area contributed by atoms with Gasteiger partial charge in [0.05, 0.1) is 12.1 Å². The Morgan fingerprint density at radius 1 is 1.27 bits per heavy atom. The minimum atomic E-state index is -0.478. The van der Waals surface area contributed by atoms with Gasteiger partial charge in [-0.2, -0.15) is 0 Å². The largest absolute Gasteiger partial charge is 0.495 e. The standard InChI is InChI=1S/C22H23ClN4O2S/c1-3-27-20(15-9-10-15)25-26-22(27)30-19(14-7-5-4-6-8-14)21(28)24-16-11-12-18(29-2)17(23)13-16/h4-8,11-13,15,19H,3,9-10H2,1-2H3,(H,24,28)/t19-/m1/s1. The highest BCUT2D eigenvalue weighted by atomic mass is 35.5. The molecule has 0 saturated heterocycles. The summed E-state index contributed by atoms with van der Waals surface area (Å²) in [6.45, 7) is 2.86. The summed E-state index contributed by atoms with van der Waals surface area (Å²) in [4.78, 5) is 13.3. The summed E-state index contributed by atoms with van der Waals surface area (Å²) >= 11 is 7.63. The summed E-state index contributed by atoms with van der Waals surface area (Å²) in [5.74, 6) is 1.93. The van der Waals surface area contributed by atoms with E-state index >= 15 is 0 Å². The van der Waals surface area contributed by atoms with E-state index in [-0.39, 0.29) is 5.91 Å². The van der Waals surface area contributed by atoms with Gasteiger partial charge in [-0.15, -0.1) is 10.2 Å². The number of hydrogen-bond donors (Lipinski definition) is 1. The van der Waals surface area contributed by atoms with E-state index in [1.807, 2.05) is 30.3 Å². The summed E-state index contributed by atoms with van der Waals surface area (Å²) in [7, 11) is 1.56. The van der Waals surface area contributed by atoms with Crippen molar-refractivity contribution in [1.82, 2.24) is 14.8 Å². The smallest absolute Gasteiger partial charge is 0.242 e. The number of methoxy groups -OCH3 is 1. The van der Waals surface area contributed by atoms with Crippen LogP contribution in [0.1, 0.15) is 42.3 Å². The van der Waals surface area contributed by atoms with Crippen LogP contribution in [-0.4, -0.2) is 27.8 Å². The fourth-order valence-corrected chi connectivity index (χ4v) is 4.65. The number of amides is 1. The maximum Gasteiger partial charge on any atom is 0.242 e. The molecule has 0 aliphatic heterocycles. The van der Waals surface area contributed by atoms with Crippen LogP contribution in [0.3, 0.4) is 0 Å². The minimum absolute atomic E-state index is 0.147. The number of halogens is 1. The molecule has 0 radical (unpaired) electrons. The van der Waals surface area contributed by atoms with Crippen LogP contribution < -0.4 is 10.1 Å². The lowest BCUT2D eigenvalue weighted by molar-refractivity contribution is -0.115. The number of ether oxygens (including phenoxy) is 1. The number of rotatable bonds is 8. The Kier molecular flexibility index (Phi) is 6.29. The minimum Gasteiger partial charge on any atom is -0.495 e. The van der Waals surface area contributed by atoms with Crippen molar-refractivity contribution in [1.29, 1.82) is 0 Å². The third-order valence-electron chi connectivity index (χ3n) is 4.99. The first-order chi connectivity index (χ1) is 14.6. The monoisotopic (exact) mass is 442 g/mol. The highest BCUT2D eigenvalue weighted by molar-refractivity contribution is 8.00. The van der Waals surface area contributed by atoms with Crippen molar-refractivity contribution in [3.05, 3.63) is 64.9 Å². The molecule has 0 spiro atoms. The summed E-state index contributed by atoms with van der Waals surface area (Å²) < 4.78 is 7.31. The summed E-state index contributed by atoms with van der Waals surface area (Å²) in [6.07, 6.45) is 2.31. The number of aromatic nitrogens is 3. The molecule has 1 saturated carbocycles. The Bertz CT molecular complexity index is 1040. The fourth-order valence-electron chi connectivity index (χ4n) is 3.29. The van der Waals surface area contributed by atoms with Crippen molar-refractivity contribution in [2.24, 2.45) is 0 Å². The molecule has 1 N–H and O–H groups in total. The van der Waals surface area contributed by atoms with Crippen molar-refractivity contribution >= 4 is 35.0 Å². The summed E-state index contributed by atoms with van der Waals surface area (Å²) in [5.41, 5.74) is 1.51. The predicted octanol–water partition coefficient (Wildman–Crippen LogP) is 5.31. The second-order valence-corrected chi connectivity index (χ2v) is 8.59. The fraction of sp³-hybridized carbons (Fsp3) is 0.318. The van der Waals surface area contributed by atoms with Crippen molar-refractivity contribution in [2.75, 3.05) is 12.4 Å². The topological polar surface area (TPSA) is 69.0 Å². The molecular formula is C22H23ClN4O2S. The van der Waals surface area contributed by atoms with E-state index in [4.69, 9.17) is 16.3 Å². The number of thioether (sulfide) groups is 1. The molecule has 1 aliphatic carbocycles. The molecule has 1 aliphatic rings. The van der Waals surface area contributed by atoms with Gasteiger partial charge in [-0.3, -0.25) is 4.79 Å². The van der Waals surface area contributed by atoms with Crippen molar-refractivity contribution in [2.45, 2.75) is 42.6 Å². The molecule has 6 nitrogen and oxygen atoms in total.